The van der Waals surface area contributed by atoms with Crippen molar-refractivity contribution in [1.82, 2.24) is 0 Å². The van der Waals surface area contributed by atoms with Gasteiger partial charge >= 0.3 is 0 Å². The number of rotatable bonds is 4. The van der Waals surface area contributed by atoms with Gasteiger partial charge < -0.3 is 14.2 Å². The van der Waals surface area contributed by atoms with Crippen LogP contribution < -0.4 is 9.47 Å². The summed E-state index contributed by atoms with van der Waals surface area (Å²) in [5.41, 5.74) is 1.10. The molecule has 0 bridgehead atoms. The molecule has 0 atom stereocenters. The summed E-state index contributed by atoms with van der Waals surface area (Å²) in [5.74, 6) is 1.63. The maximum absolute atomic E-state index is 5.40. The van der Waals surface area contributed by atoms with E-state index < -0.39 is 0 Å². The number of methoxy groups -OCH3 is 2. The Labute approximate surface area is 97.5 Å². The van der Waals surface area contributed by atoms with E-state index in [2.05, 4.69) is 22.6 Å². The molecule has 0 aromatic heterocycles. The van der Waals surface area contributed by atoms with E-state index in [0.29, 0.717) is 0 Å². The third-order valence-electron chi connectivity index (χ3n) is 1.70. The molecule has 0 aliphatic carbocycles. The summed E-state index contributed by atoms with van der Waals surface area (Å²) < 4.78 is 16.4. The van der Waals surface area contributed by atoms with E-state index >= 15 is 0 Å². The van der Waals surface area contributed by atoms with Gasteiger partial charge in [0.1, 0.15) is 11.5 Å². The molecule has 14 heavy (non-hydrogen) atoms. The molecule has 3 nitrogen and oxygen atoms in total. The number of ether oxygens (including phenoxy) is 3. The first-order valence-corrected chi connectivity index (χ1v) is 5.22. The number of halogens is 1. The van der Waals surface area contributed by atoms with E-state index in [-0.39, 0.29) is 6.79 Å². The van der Waals surface area contributed by atoms with Crippen LogP contribution in [0.15, 0.2) is 12.1 Å². The van der Waals surface area contributed by atoms with Crippen LogP contribution in [0.1, 0.15) is 5.56 Å². The molecular weight excluding hydrogens is 295 g/mol. The summed E-state index contributed by atoms with van der Waals surface area (Å²) in [5, 5.41) is 0. The molecule has 1 aromatic carbocycles. The highest BCUT2D eigenvalue weighted by Gasteiger charge is 2.08. The van der Waals surface area contributed by atoms with E-state index in [4.69, 9.17) is 14.2 Å². The van der Waals surface area contributed by atoms with Crippen molar-refractivity contribution in [3.63, 3.8) is 0 Å². The van der Waals surface area contributed by atoms with Crippen LogP contribution in [0, 0.1) is 10.5 Å². The Balaban J connectivity index is 2.96. The third kappa shape index (κ3) is 2.75. The molecule has 0 aliphatic rings. The van der Waals surface area contributed by atoms with Crippen LogP contribution in [0.25, 0.3) is 0 Å². The van der Waals surface area contributed by atoms with Crippen LogP contribution in [0.3, 0.4) is 0 Å². The van der Waals surface area contributed by atoms with Gasteiger partial charge in [-0.2, -0.15) is 0 Å². The fraction of sp³-hybridized carbons (Fsp3) is 0.400. The standard InChI is InChI=1S/C10H13IO3/c1-7-4-8(13-3)10(11)9(5-7)14-6-12-2/h4-5H,6H2,1-3H3. The Morgan fingerprint density at radius 3 is 2.43 bits per heavy atom. The van der Waals surface area contributed by atoms with Gasteiger partial charge in [-0.1, -0.05) is 0 Å². The van der Waals surface area contributed by atoms with E-state index in [1.807, 2.05) is 19.1 Å². The third-order valence-corrected chi connectivity index (χ3v) is 2.77. The van der Waals surface area contributed by atoms with Gasteiger partial charge in [0.2, 0.25) is 0 Å². The summed E-state index contributed by atoms with van der Waals surface area (Å²) in [6.07, 6.45) is 0. The van der Waals surface area contributed by atoms with Gasteiger partial charge in [0, 0.05) is 7.11 Å². The Morgan fingerprint density at radius 2 is 1.86 bits per heavy atom. The summed E-state index contributed by atoms with van der Waals surface area (Å²) in [6, 6.07) is 3.94. The molecule has 0 unspecified atom stereocenters. The van der Waals surface area contributed by atoms with E-state index in [0.717, 1.165) is 20.6 Å². The van der Waals surface area contributed by atoms with Crippen molar-refractivity contribution in [2.75, 3.05) is 21.0 Å². The van der Waals surface area contributed by atoms with Crippen LogP contribution in [0.2, 0.25) is 0 Å². The Hall–Kier alpha value is -0.490. The zero-order valence-electron chi connectivity index (χ0n) is 8.46. The van der Waals surface area contributed by atoms with Crippen molar-refractivity contribution in [2.45, 2.75) is 6.92 Å². The molecule has 0 N–H and O–H groups in total. The Kier molecular flexibility index (Phi) is 4.47. The van der Waals surface area contributed by atoms with Crippen molar-refractivity contribution in [2.24, 2.45) is 0 Å². The molecule has 0 spiro atoms. The molecule has 0 saturated heterocycles. The average molecular weight is 308 g/mol. The van der Waals surface area contributed by atoms with Crippen LogP contribution >= 0.6 is 22.6 Å². The maximum atomic E-state index is 5.40. The minimum atomic E-state index is 0.253. The topological polar surface area (TPSA) is 27.7 Å². The summed E-state index contributed by atoms with van der Waals surface area (Å²) in [7, 11) is 3.25. The SMILES string of the molecule is COCOc1cc(C)cc(OC)c1I. The second kappa shape index (κ2) is 5.41. The molecule has 78 valence electrons. The maximum Gasteiger partial charge on any atom is 0.188 e. The number of hydrogen-bond acceptors (Lipinski definition) is 3. The number of hydrogen-bond donors (Lipinski definition) is 0. The summed E-state index contributed by atoms with van der Waals surface area (Å²) >= 11 is 2.19. The first-order chi connectivity index (χ1) is 6.69. The highest BCUT2D eigenvalue weighted by Crippen LogP contribution is 2.31. The van der Waals surface area contributed by atoms with Gasteiger partial charge in [-0.25, -0.2) is 0 Å². The van der Waals surface area contributed by atoms with E-state index in [9.17, 15) is 0 Å². The lowest BCUT2D eigenvalue weighted by Crippen LogP contribution is -2.01. The largest absolute Gasteiger partial charge is 0.495 e. The quantitative estimate of drug-likeness (QED) is 0.632. The molecule has 4 heteroatoms. The predicted octanol–water partition coefficient (Wildman–Crippen LogP) is 2.59. The molecule has 0 fully saturated rings. The molecule has 1 rings (SSSR count). The smallest absolute Gasteiger partial charge is 0.188 e. The lowest BCUT2D eigenvalue weighted by atomic mass is 10.2. The highest BCUT2D eigenvalue weighted by molar-refractivity contribution is 14.1. The van der Waals surface area contributed by atoms with Gasteiger partial charge in [-0.3, -0.25) is 0 Å². The molecule has 0 saturated carbocycles. The summed E-state index contributed by atoms with van der Waals surface area (Å²) in [6.45, 7) is 2.25. The second-order valence-electron chi connectivity index (χ2n) is 2.83. The van der Waals surface area contributed by atoms with Crippen molar-refractivity contribution < 1.29 is 14.2 Å². The van der Waals surface area contributed by atoms with Gasteiger partial charge in [-0.15, -0.1) is 0 Å². The first-order valence-electron chi connectivity index (χ1n) is 4.15. The van der Waals surface area contributed by atoms with Crippen molar-refractivity contribution in [3.05, 3.63) is 21.3 Å². The normalized spacial score (nSPS) is 10.0. The van der Waals surface area contributed by atoms with Crippen molar-refractivity contribution in [3.8, 4) is 11.5 Å². The van der Waals surface area contributed by atoms with E-state index in [1.54, 1.807) is 14.2 Å². The number of benzene rings is 1. The molecule has 0 heterocycles. The van der Waals surface area contributed by atoms with Crippen LogP contribution in [-0.2, 0) is 4.74 Å². The van der Waals surface area contributed by atoms with Crippen LogP contribution in [-0.4, -0.2) is 21.0 Å². The lowest BCUT2D eigenvalue weighted by molar-refractivity contribution is 0.0503. The summed E-state index contributed by atoms with van der Waals surface area (Å²) in [4.78, 5) is 0. The monoisotopic (exact) mass is 308 g/mol. The molecule has 1 aromatic rings. The van der Waals surface area contributed by atoms with Gasteiger partial charge in [0.25, 0.3) is 0 Å². The van der Waals surface area contributed by atoms with Crippen LogP contribution in [0.5, 0.6) is 11.5 Å². The molecule has 0 aliphatic heterocycles. The zero-order valence-corrected chi connectivity index (χ0v) is 10.6. The Bertz CT molecular complexity index is 312. The minimum absolute atomic E-state index is 0.253. The number of aryl methyl sites for hydroxylation is 1. The van der Waals surface area contributed by atoms with Gasteiger partial charge in [0.15, 0.2) is 6.79 Å². The zero-order chi connectivity index (χ0) is 10.6. The van der Waals surface area contributed by atoms with Gasteiger partial charge in [-0.05, 0) is 47.2 Å². The molecular formula is C10H13IO3. The molecule has 0 amide bonds. The fourth-order valence-corrected chi connectivity index (χ4v) is 1.77. The predicted molar refractivity (Wildman–Crippen MR) is 63.0 cm³/mol. The average Bonchev–Trinajstić information content (AvgIpc) is 2.18. The lowest BCUT2D eigenvalue weighted by Gasteiger charge is -2.11. The van der Waals surface area contributed by atoms with Crippen molar-refractivity contribution in [1.29, 1.82) is 0 Å². The van der Waals surface area contributed by atoms with Crippen molar-refractivity contribution >= 4 is 22.6 Å². The molecule has 0 radical (unpaired) electrons. The second-order valence-corrected chi connectivity index (χ2v) is 3.91. The fourth-order valence-electron chi connectivity index (χ4n) is 1.08. The van der Waals surface area contributed by atoms with Gasteiger partial charge in [0.05, 0.1) is 10.7 Å². The Morgan fingerprint density at radius 1 is 1.21 bits per heavy atom. The van der Waals surface area contributed by atoms with Crippen LogP contribution in [0.4, 0.5) is 0 Å². The highest BCUT2D eigenvalue weighted by atomic mass is 127. The minimum Gasteiger partial charge on any atom is -0.495 e. The van der Waals surface area contributed by atoms with E-state index in [1.165, 1.54) is 0 Å². The first kappa shape index (κ1) is 11.6.